The number of allylic oxidation sites excluding steroid dienone is 1. The zero-order valence-electron chi connectivity index (χ0n) is 14.4. The van der Waals surface area contributed by atoms with Gasteiger partial charge in [-0.2, -0.15) is 0 Å². The van der Waals surface area contributed by atoms with Crippen molar-refractivity contribution in [3.05, 3.63) is 35.5 Å². The van der Waals surface area contributed by atoms with Crippen LogP contribution in [0.1, 0.15) is 40.0 Å². The monoisotopic (exact) mass is 332 g/mol. The summed E-state index contributed by atoms with van der Waals surface area (Å²) in [6.07, 6.45) is 0.271. The smallest absolute Gasteiger partial charge is 0.334 e. The van der Waals surface area contributed by atoms with Crippen LogP contribution in [0.25, 0.3) is 0 Å². The minimum absolute atomic E-state index is 0.296. The summed E-state index contributed by atoms with van der Waals surface area (Å²) in [5.74, 6) is -1.35. The molecule has 0 unspecified atom stereocenters. The van der Waals surface area contributed by atoms with E-state index in [4.69, 9.17) is 9.47 Å². The zero-order valence-corrected chi connectivity index (χ0v) is 14.4. The topological polar surface area (TPSA) is 72.8 Å². The fourth-order valence-electron chi connectivity index (χ4n) is 4.43. The van der Waals surface area contributed by atoms with Gasteiger partial charge in [-0.15, -0.1) is 0 Å². The molecule has 5 nitrogen and oxygen atoms in total. The largest absolute Gasteiger partial charge is 0.458 e. The molecule has 5 heteroatoms. The van der Waals surface area contributed by atoms with Gasteiger partial charge < -0.3 is 14.6 Å². The molecule has 0 aromatic heterocycles. The molecule has 1 aliphatic heterocycles. The van der Waals surface area contributed by atoms with E-state index in [2.05, 4.69) is 13.2 Å². The van der Waals surface area contributed by atoms with Gasteiger partial charge in [0.25, 0.3) is 0 Å². The molecule has 0 aromatic rings. The van der Waals surface area contributed by atoms with Gasteiger partial charge in [-0.25, -0.2) is 9.59 Å². The molecule has 130 valence electrons. The predicted octanol–water partition coefficient (Wildman–Crippen LogP) is 2.45. The number of aliphatic hydroxyl groups is 1. The van der Waals surface area contributed by atoms with E-state index in [0.717, 1.165) is 17.6 Å². The Labute approximate surface area is 142 Å². The van der Waals surface area contributed by atoms with Crippen LogP contribution in [0, 0.1) is 11.3 Å². The van der Waals surface area contributed by atoms with Crippen LogP contribution >= 0.6 is 0 Å². The normalized spacial score (nSPS) is 38.3. The van der Waals surface area contributed by atoms with Crippen molar-refractivity contribution >= 4 is 11.9 Å². The van der Waals surface area contributed by atoms with Gasteiger partial charge in [0.1, 0.15) is 12.2 Å². The molecule has 1 N–H and O–H groups in total. The Bertz CT molecular complexity index is 673. The quantitative estimate of drug-likeness (QED) is 0.478. The lowest BCUT2D eigenvalue weighted by Gasteiger charge is -2.50. The van der Waals surface area contributed by atoms with Gasteiger partial charge >= 0.3 is 11.9 Å². The van der Waals surface area contributed by atoms with Crippen LogP contribution < -0.4 is 0 Å². The maximum absolute atomic E-state index is 12.2. The molecule has 2 fully saturated rings. The minimum Gasteiger partial charge on any atom is -0.458 e. The van der Waals surface area contributed by atoms with Gasteiger partial charge in [0, 0.05) is 16.6 Å². The van der Waals surface area contributed by atoms with E-state index in [-0.39, 0.29) is 0 Å². The van der Waals surface area contributed by atoms with E-state index in [1.165, 1.54) is 0 Å². The van der Waals surface area contributed by atoms with Crippen LogP contribution in [0.2, 0.25) is 0 Å². The van der Waals surface area contributed by atoms with Gasteiger partial charge in [-0.1, -0.05) is 25.7 Å². The minimum atomic E-state index is -0.646. The molecule has 1 saturated carbocycles. The van der Waals surface area contributed by atoms with Gasteiger partial charge in [0.05, 0.1) is 12.0 Å². The highest BCUT2D eigenvalue weighted by molar-refractivity contribution is 5.92. The fourth-order valence-corrected chi connectivity index (χ4v) is 4.43. The molecule has 0 radical (unpaired) electrons. The van der Waals surface area contributed by atoms with E-state index in [1.807, 2.05) is 13.8 Å². The Morgan fingerprint density at radius 1 is 1.46 bits per heavy atom. The van der Waals surface area contributed by atoms with Crippen molar-refractivity contribution in [1.82, 2.24) is 0 Å². The first kappa shape index (κ1) is 17.0. The molecule has 3 rings (SSSR count). The number of fused-ring (bicyclic) bond motifs is 2. The van der Waals surface area contributed by atoms with E-state index in [0.29, 0.717) is 24.0 Å². The van der Waals surface area contributed by atoms with Crippen molar-refractivity contribution in [3.8, 4) is 0 Å². The van der Waals surface area contributed by atoms with E-state index in [1.54, 1.807) is 6.92 Å². The lowest BCUT2D eigenvalue weighted by Crippen LogP contribution is -2.53. The molecule has 0 amide bonds. The molecule has 5 atom stereocenters. The van der Waals surface area contributed by atoms with E-state index >= 15 is 0 Å². The standard InChI is InChI=1S/C19H24O5/c1-9(2)17(21)24-16-14-11(4)18(22)23-12(14)8-19(5)13(20)7-6-10(3)15(16)19/h12-14,16,20H,1,4,6-8H2,2-3,5H3/t12-,13+,14-,16+,19-/m0/s1. The van der Waals surface area contributed by atoms with Gasteiger partial charge in [0.2, 0.25) is 0 Å². The van der Waals surface area contributed by atoms with Crippen LogP contribution in [0.4, 0.5) is 0 Å². The summed E-state index contributed by atoms with van der Waals surface area (Å²) in [4.78, 5) is 24.2. The van der Waals surface area contributed by atoms with Crippen molar-refractivity contribution in [1.29, 1.82) is 0 Å². The zero-order chi connectivity index (χ0) is 17.8. The first-order valence-corrected chi connectivity index (χ1v) is 8.31. The maximum Gasteiger partial charge on any atom is 0.334 e. The number of hydrogen-bond acceptors (Lipinski definition) is 5. The Morgan fingerprint density at radius 3 is 2.75 bits per heavy atom. The van der Waals surface area contributed by atoms with Crippen LogP contribution in [0.15, 0.2) is 35.5 Å². The third-order valence-corrected chi connectivity index (χ3v) is 5.75. The van der Waals surface area contributed by atoms with Crippen LogP contribution in [0.3, 0.4) is 0 Å². The average molecular weight is 332 g/mol. The molecule has 1 saturated heterocycles. The second kappa shape index (κ2) is 5.59. The van der Waals surface area contributed by atoms with Crippen LogP contribution in [-0.4, -0.2) is 35.4 Å². The summed E-state index contributed by atoms with van der Waals surface area (Å²) in [6.45, 7) is 13.0. The Balaban J connectivity index is 2.11. The SMILES string of the molecule is C=C(C)C(=O)O[C@H]1C2=C(C)CC[C@@H](O)[C@]2(C)C[C@@H]2OC(=O)C(=C)[C@@H]21. The Kier molecular flexibility index (Phi) is 3.95. The highest BCUT2D eigenvalue weighted by Crippen LogP contribution is 2.55. The molecule has 0 bridgehead atoms. The van der Waals surface area contributed by atoms with Crippen molar-refractivity contribution in [2.24, 2.45) is 11.3 Å². The Hall–Kier alpha value is -1.88. The summed E-state index contributed by atoms with van der Waals surface area (Å²) in [5.41, 5.74) is 2.07. The number of carbonyl (C=O) groups excluding carboxylic acids is 2. The summed E-state index contributed by atoms with van der Waals surface area (Å²) in [6, 6.07) is 0. The molecule has 0 aromatic carbocycles. The third kappa shape index (κ3) is 2.34. The number of carbonyl (C=O) groups is 2. The highest BCUT2D eigenvalue weighted by Gasteiger charge is 2.59. The van der Waals surface area contributed by atoms with Crippen molar-refractivity contribution in [2.75, 3.05) is 0 Å². The average Bonchev–Trinajstić information content (AvgIpc) is 2.77. The summed E-state index contributed by atoms with van der Waals surface area (Å²) >= 11 is 0. The van der Waals surface area contributed by atoms with Gasteiger partial charge in [-0.05, 0) is 38.7 Å². The van der Waals surface area contributed by atoms with Crippen LogP contribution in [-0.2, 0) is 19.1 Å². The Morgan fingerprint density at radius 2 is 2.12 bits per heavy atom. The van der Waals surface area contributed by atoms with Crippen molar-refractivity contribution in [2.45, 2.75) is 58.3 Å². The number of esters is 2. The number of rotatable bonds is 2. The molecule has 2 aliphatic carbocycles. The molecule has 3 aliphatic rings. The molecular weight excluding hydrogens is 308 g/mol. The van der Waals surface area contributed by atoms with Crippen LogP contribution in [0.5, 0.6) is 0 Å². The van der Waals surface area contributed by atoms with Gasteiger partial charge in [-0.3, -0.25) is 0 Å². The van der Waals surface area contributed by atoms with E-state index < -0.39 is 41.6 Å². The second-order valence-corrected chi connectivity index (χ2v) is 7.47. The summed E-state index contributed by atoms with van der Waals surface area (Å²) in [5, 5.41) is 10.6. The number of aliphatic hydroxyl groups excluding tert-OH is 1. The predicted molar refractivity (Wildman–Crippen MR) is 87.9 cm³/mol. The van der Waals surface area contributed by atoms with Crippen molar-refractivity contribution < 1.29 is 24.2 Å². The lowest BCUT2D eigenvalue weighted by molar-refractivity contribution is -0.153. The van der Waals surface area contributed by atoms with E-state index in [9.17, 15) is 14.7 Å². The maximum atomic E-state index is 12.2. The molecular formula is C19H24O5. The number of hydrogen-bond donors (Lipinski definition) is 1. The summed E-state index contributed by atoms with van der Waals surface area (Å²) in [7, 11) is 0. The fraction of sp³-hybridized carbons (Fsp3) is 0.579. The third-order valence-electron chi connectivity index (χ3n) is 5.75. The summed E-state index contributed by atoms with van der Waals surface area (Å²) < 4.78 is 11.2. The first-order chi connectivity index (χ1) is 11.2. The molecule has 24 heavy (non-hydrogen) atoms. The van der Waals surface area contributed by atoms with Crippen molar-refractivity contribution in [3.63, 3.8) is 0 Å². The number of ether oxygens (including phenoxy) is 2. The second-order valence-electron chi connectivity index (χ2n) is 7.47. The first-order valence-electron chi connectivity index (χ1n) is 8.31. The lowest BCUT2D eigenvalue weighted by atomic mass is 9.57. The highest BCUT2D eigenvalue weighted by atomic mass is 16.6. The molecule has 1 heterocycles. The van der Waals surface area contributed by atoms with Gasteiger partial charge in [0.15, 0.2) is 0 Å². The molecule has 0 spiro atoms.